The number of aliphatic hydroxyl groups is 1. The second-order valence-corrected chi connectivity index (χ2v) is 5.30. The molecule has 0 spiro atoms. The minimum atomic E-state index is -0.0249. The highest BCUT2D eigenvalue weighted by Gasteiger charge is 2.14. The van der Waals surface area contributed by atoms with Crippen LogP contribution in [0.15, 0.2) is 18.3 Å². The lowest BCUT2D eigenvalue weighted by molar-refractivity contribution is -0.116. The van der Waals surface area contributed by atoms with Gasteiger partial charge in [0.1, 0.15) is 5.82 Å². The third-order valence-corrected chi connectivity index (χ3v) is 3.78. The molecule has 0 radical (unpaired) electrons. The Hall–Kier alpha value is -1.42. The molecular formula is C15H22N2O2. The Morgan fingerprint density at radius 3 is 2.74 bits per heavy atom. The molecule has 1 aromatic heterocycles. The number of carbonyl (C=O) groups excluding carboxylic acids is 1. The van der Waals surface area contributed by atoms with E-state index in [1.54, 1.807) is 18.3 Å². The van der Waals surface area contributed by atoms with E-state index in [-0.39, 0.29) is 12.5 Å². The molecule has 4 heteroatoms. The summed E-state index contributed by atoms with van der Waals surface area (Å²) in [6.45, 7) is -0.0249. The minimum Gasteiger partial charge on any atom is -0.392 e. The van der Waals surface area contributed by atoms with Gasteiger partial charge in [-0.2, -0.15) is 0 Å². The van der Waals surface area contributed by atoms with E-state index in [0.29, 0.717) is 12.2 Å². The third-order valence-electron chi connectivity index (χ3n) is 3.78. The molecule has 0 aromatic carbocycles. The smallest absolute Gasteiger partial charge is 0.225 e. The molecule has 104 valence electrons. The van der Waals surface area contributed by atoms with Crippen LogP contribution in [0.5, 0.6) is 0 Å². The summed E-state index contributed by atoms with van der Waals surface area (Å²) >= 11 is 0. The van der Waals surface area contributed by atoms with Crippen molar-refractivity contribution in [3.63, 3.8) is 0 Å². The van der Waals surface area contributed by atoms with Crippen molar-refractivity contribution in [1.82, 2.24) is 4.98 Å². The summed E-state index contributed by atoms with van der Waals surface area (Å²) in [5.74, 6) is 1.32. The molecule has 1 saturated carbocycles. The zero-order valence-electron chi connectivity index (χ0n) is 11.3. The van der Waals surface area contributed by atoms with Gasteiger partial charge in [-0.3, -0.25) is 4.79 Å². The average Bonchev–Trinajstić information content (AvgIpc) is 2.47. The topological polar surface area (TPSA) is 62.2 Å². The van der Waals surface area contributed by atoms with Crippen molar-refractivity contribution < 1.29 is 9.90 Å². The van der Waals surface area contributed by atoms with Crippen LogP contribution < -0.4 is 5.32 Å². The van der Waals surface area contributed by atoms with Gasteiger partial charge in [0, 0.05) is 12.6 Å². The number of nitrogens with zero attached hydrogens (tertiary/aromatic N) is 1. The minimum absolute atomic E-state index is 0.0249. The molecule has 1 heterocycles. The Morgan fingerprint density at radius 2 is 2.11 bits per heavy atom. The number of amides is 1. The molecule has 1 fully saturated rings. The van der Waals surface area contributed by atoms with Crippen molar-refractivity contribution in [2.24, 2.45) is 5.92 Å². The fourth-order valence-corrected chi connectivity index (χ4v) is 2.61. The van der Waals surface area contributed by atoms with Gasteiger partial charge in [0.15, 0.2) is 0 Å². The summed E-state index contributed by atoms with van der Waals surface area (Å²) in [7, 11) is 0. The molecular weight excluding hydrogens is 240 g/mol. The Kier molecular flexibility index (Phi) is 5.33. The normalized spacial score (nSPS) is 16.3. The molecule has 0 bridgehead atoms. The molecule has 19 heavy (non-hydrogen) atoms. The van der Waals surface area contributed by atoms with Crippen molar-refractivity contribution in [2.45, 2.75) is 51.6 Å². The highest BCUT2D eigenvalue weighted by Crippen LogP contribution is 2.27. The van der Waals surface area contributed by atoms with E-state index in [9.17, 15) is 4.79 Å². The molecule has 0 atom stereocenters. The third kappa shape index (κ3) is 4.63. The van der Waals surface area contributed by atoms with Crippen LogP contribution in [-0.4, -0.2) is 16.0 Å². The van der Waals surface area contributed by atoms with E-state index in [1.165, 1.54) is 32.1 Å². The number of aromatic nitrogens is 1. The summed E-state index contributed by atoms with van der Waals surface area (Å²) < 4.78 is 0. The summed E-state index contributed by atoms with van der Waals surface area (Å²) in [4.78, 5) is 15.9. The molecule has 0 unspecified atom stereocenters. The fraction of sp³-hybridized carbons (Fsp3) is 0.600. The maximum atomic E-state index is 11.8. The molecule has 1 aromatic rings. The quantitative estimate of drug-likeness (QED) is 0.857. The highest BCUT2D eigenvalue weighted by molar-refractivity contribution is 5.89. The molecule has 0 aliphatic heterocycles. The first kappa shape index (κ1) is 14.0. The summed E-state index contributed by atoms with van der Waals surface area (Å²) in [6.07, 6.45) is 9.68. The molecule has 1 aliphatic carbocycles. The second-order valence-electron chi connectivity index (χ2n) is 5.30. The number of pyridine rings is 1. The van der Waals surface area contributed by atoms with Crippen LogP contribution in [0.3, 0.4) is 0 Å². The SMILES string of the molecule is O=C(CCC1CCCCC1)Nc1ccc(CO)cn1. The van der Waals surface area contributed by atoms with E-state index in [0.717, 1.165) is 17.9 Å². The Bertz CT molecular complexity index is 397. The van der Waals surface area contributed by atoms with E-state index < -0.39 is 0 Å². The maximum Gasteiger partial charge on any atom is 0.225 e. The van der Waals surface area contributed by atoms with Crippen molar-refractivity contribution >= 4 is 11.7 Å². The molecule has 1 aliphatic rings. The van der Waals surface area contributed by atoms with E-state index in [4.69, 9.17) is 5.11 Å². The number of aliphatic hydroxyl groups excluding tert-OH is 1. The Balaban J connectivity index is 1.73. The van der Waals surface area contributed by atoms with Crippen molar-refractivity contribution in [2.75, 3.05) is 5.32 Å². The van der Waals surface area contributed by atoms with Gasteiger partial charge >= 0.3 is 0 Å². The predicted molar refractivity (Wildman–Crippen MR) is 74.6 cm³/mol. The van der Waals surface area contributed by atoms with E-state index in [1.807, 2.05) is 0 Å². The number of hydrogen-bond donors (Lipinski definition) is 2. The average molecular weight is 262 g/mol. The van der Waals surface area contributed by atoms with Gasteiger partial charge in [0.25, 0.3) is 0 Å². The van der Waals surface area contributed by atoms with Gasteiger partial charge in [0.05, 0.1) is 6.61 Å². The Morgan fingerprint density at radius 1 is 1.32 bits per heavy atom. The van der Waals surface area contributed by atoms with Crippen LogP contribution in [0.2, 0.25) is 0 Å². The molecule has 4 nitrogen and oxygen atoms in total. The lowest BCUT2D eigenvalue weighted by Gasteiger charge is -2.20. The lowest BCUT2D eigenvalue weighted by Crippen LogP contribution is -2.15. The van der Waals surface area contributed by atoms with Crippen molar-refractivity contribution in [3.05, 3.63) is 23.9 Å². The summed E-state index contributed by atoms with van der Waals surface area (Å²) in [6, 6.07) is 3.49. The Labute approximate surface area is 114 Å². The van der Waals surface area contributed by atoms with Crippen molar-refractivity contribution in [3.8, 4) is 0 Å². The fourth-order valence-electron chi connectivity index (χ4n) is 2.61. The first-order valence-corrected chi connectivity index (χ1v) is 7.13. The zero-order valence-corrected chi connectivity index (χ0v) is 11.3. The standard InChI is InChI=1S/C15H22N2O2/c18-11-13-6-8-14(16-10-13)17-15(19)9-7-12-4-2-1-3-5-12/h6,8,10,12,18H,1-5,7,9,11H2,(H,16,17,19). The largest absolute Gasteiger partial charge is 0.392 e. The predicted octanol–water partition coefficient (Wildman–Crippen LogP) is 2.87. The van der Waals surface area contributed by atoms with Crippen LogP contribution >= 0.6 is 0 Å². The number of carbonyl (C=O) groups is 1. The molecule has 2 N–H and O–H groups in total. The van der Waals surface area contributed by atoms with Gasteiger partial charge in [-0.15, -0.1) is 0 Å². The second kappa shape index (κ2) is 7.24. The van der Waals surface area contributed by atoms with Gasteiger partial charge < -0.3 is 10.4 Å². The van der Waals surface area contributed by atoms with Gasteiger partial charge in [-0.1, -0.05) is 38.2 Å². The first-order chi connectivity index (χ1) is 9.28. The number of nitrogens with one attached hydrogen (secondary N) is 1. The lowest BCUT2D eigenvalue weighted by atomic mass is 9.86. The number of anilines is 1. The van der Waals surface area contributed by atoms with Crippen LogP contribution in [0.1, 0.15) is 50.5 Å². The van der Waals surface area contributed by atoms with Crippen molar-refractivity contribution in [1.29, 1.82) is 0 Å². The molecule has 1 amide bonds. The monoisotopic (exact) mass is 262 g/mol. The highest BCUT2D eigenvalue weighted by atomic mass is 16.3. The summed E-state index contributed by atoms with van der Waals surface area (Å²) in [5, 5.41) is 11.7. The maximum absolute atomic E-state index is 11.8. The van der Waals surface area contributed by atoms with Crippen LogP contribution in [0.25, 0.3) is 0 Å². The number of rotatable bonds is 5. The number of hydrogen-bond acceptors (Lipinski definition) is 3. The molecule has 2 rings (SSSR count). The van der Waals surface area contributed by atoms with Gasteiger partial charge in [-0.25, -0.2) is 4.98 Å². The first-order valence-electron chi connectivity index (χ1n) is 7.13. The molecule has 0 saturated heterocycles. The van der Waals surface area contributed by atoms with E-state index in [2.05, 4.69) is 10.3 Å². The van der Waals surface area contributed by atoms with E-state index >= 15 is 0 Å². The van der Waals surface area contributed by atoms with Gasteiger partial charge in [0.2, 0.25) is 5.91 Å². The van der Waals surface area contributed by atoms with Crippen LogP contribution in [0, 0.1) is 5.92 Å². The van der Waals surface area contributed by atoms with Crippen LogP contribution in [0.4, 0.5) is 5.82 Å². The van der Waals surface area contributed by atoms with Crippen LogP contribution in [-0.2, 0) is 11.4 Å². The van der Waals surface area contributed by atoms with Gasteiger partial charge in [-0.05, 0) is 24.0 Å². The summed E-state index contributed by atoms with van der Waals surface area (Å²) in [5.41, 5.74) is 0.750. The zero-order chi connectivity index (χ0) is 13.5.